The molecule has 4 heteroatoms. The fourth-order valence-electron chi connectivity index (χ4n) is 0.0250. The topological polar surface area (TPSA) is 64.7 Å². The summed E-state index contributed by atoms with van der Waals surface area (Å²) in [6.45, 7) is 0. The molecular weight excluding hydrogens is 136 g/mol. The minimum Gasteiger partial charge on any atom is -0.265 e. The van der Waals surface area contributed by atoms with Gasteiger partial charge in [-0.3, -0.25) is 4.79 Å². The van der Waals surface area contributed by atoms with Crippen LogP contribution in [-0.2, 0) is 21.9 Å². The van der Waals surface area contributed by atoms with Crippen LogP contribution in [0.3, 0.4) is 0 Å². The first-order valence-corrected chi connectivity index (χ1v) is 1.15. The summed E-state index contributed by atoms with van der Waals surface area (Å²) in [6, 6.07) is 2.23. The third-order valence-electron chi connectivity index (χ3n) is 0.203. The van der Waals surface area contributed by atoms with Crippen molar-refractivity contribution in [1.82, 2.24) is 0 Å². The van der Waals surface area contributed by atoms with Crippen LogP contribution in [0.15, 0.2) is 0 Å². The minimum absolute atomic E-state index is 0. The molecule has 0 saturated carbocycles. The molecule has 0 aliphatic heterocycles. The van der Waals surface area contributed by atoms with Gasteiger partial charge in [-0.05, 0) is 0 Å². The summed E-state index contributed by atoms with van der Waals surface area (Å²) < 4.78 is 0. The predicted molar refractivity (Wildman–Crippen MR) is 16.2 cm³/mol. The van der Waals surface area contributed by atoms with Gasteiger partial charge in [0.1, 0.15) is 0 Å². The molecule has 0 bridgehead atoms. The second-order valence-corrected chi connectivity index (χ2v) is 0.553. The molecular formula is C3FeN2O. The van der Waals surface area contributed by atoms with E-state index in [4.69, 9.17) is 10.5 Å². The molecule has 0 saturated heterocycles. The van der Waals surface area contributed by atoms with Crippen molar-refractivity contribution >= 4 is 5.78 Å². The van der Waals surface area contributed by atoms with Crippen molar-refractivity contribution in [3.8, 4) is 12.1 Å². The van der Waals surface area contributed by atoms with Gasteiger partial charge >= 0.3 is 5.78 Å². The summed E-state index contributed by atoms with van der Waals surface area (Å²) in [4.78, 5) is 9.46. The van der Waals surface area contributed by atoms with E-state index in [1.165, 1.54) is 0 Å². The number of hydrogen-bond donors (Lipinski definition) is 0. The summed E-state index contributed by atoms with van der Waals surface area (Å²) in [6.07, 6.45) is 0. The quantitative estimate of drug-likeness (QED) is 0.336. The number of carbonyl (C=O) groups excluding carboxylic acids is 1. The Hall–Kier alpha value is -0.831. The SMILES string of the molecule is N#CC(=O)C#N.[Fe]. The molecule has 0 N–H and O–H groups in total. The zero-order valence-corrected chi connectivity index (χ0v) is 4.26. The van der Waals surface area contributed by atoms with Crippen LogP contribution in [0.5, 0.6) is 0 Å². The van der Waals surface area contributed by atoms with E-state index < -0.39 is 5.78 Å². The summed E-state index contributed by atoms with van der Waals surface area (Å²) in [5.41, 5.74) is 0. The first kappa shape index (κ1) is 9.48. The maximum Gasteiger partial charge on any atom is 0.331 e. The Bertz CT molecular complexity index is 124. The first-order chi connectivity index (χ1) is 2.81. The summed E-state index contributed by atoms with van der Waals surface area (Å²) in [5.74, 6) is -1.05. The number of hydrogen-bond acceptors (Lipinski definition) is 3. The fraction of sp³-hybridized carbons (Fsp3) is 0. The molecule has 0 aliphatic carbocycles. The van der Waals surface area contributed by atoms with Gasteiger partial charge in [-0.15, -0.1) is 0 Å². The molecule has 0 aromatic heterocycles. The molecule has 0 atom stereocenters. The molecule has 7 heavy (non-hydrogen) atoms. The number of nitrogens with zero attached hydrogens (tertiary/aromatic N) is 2. The van der Waals surface area contributed by atoms with Crippen molar-refractivity contribution in [3.05, 3.63) is 0 Å². The van der Waals surface area contributed by atoms with Crippen LogP contribution in [-0.4, -0.2) is 5.78 Å². The van der Waals surface area contributed by atoms with E-state index in [1.54, 1.807) is 0 Å². The van der Waals surface area contributed by atoms with Crippen molar-refractivity contribution in [3.63, 3.8) is 0 Å². The Kier molecular flexibility index (Phi) is 7.00. The number of rotatable bonds is 0. The first-order valence-electron chi connectivity index (χ1n) is 1.15. The zero-order valence-electron chi connectivity index (χ0n) is 3.16. The third-order valence-corrected chi connectivity index (χ3v) is 0.203. The van der Waals surface area contributed by atoms with Crippen LogP contribution < -0.4 is 0 Å². The Morgan fingerprint density at radius 3 is 1.57 bits per heavy atom. The normalized spacial score (nSPS) is 4.29. The van der Waals surface area contributed by atoms with E-state index in [2.05, 4.69) is 0 Å². The van der Waals surface area contributed by atoms with E-state index in [0.717, 1.165) is 12.1 Å². The minimum atomic E-state index is -1.05. The molecule has 0 aliphatic rings. The van der Waals surface area contributed by atoms with Gasteiger partial charge in [-0.25, -0.2) is 0 Å². The number of carbonyl (C=O) groups is 1. The average molecular weight is 136 g/mol. The largest absolute Gasteiger partial charge is 0.331 e. The van der Waals surface area contributed by atoms with E-state index in [0.29, 0.717) is 0 Å². The van der Waals surface area contributed by atoms with Crippen LogP contribution in [0.25, 0.3) is 0 Å². The Balaban J connectivity index is 0. The van der Waals surface area contributed by atoms with Crippen LogP contribution in [0, 0.1) is 22.7 Å². The van der Waals surface area contributed by atoms with Crippen molar-refractivity contribution in [2.45, 2.75) is 0 Å². The van der Waals surface area contributed by atoms with Gasteiger partial charge in [0.15, 0.2) is 12.1 Å². The van der Waals surface area contributed by atoms with Gasteiger partial charge in [0, 0.05) is 17.1 Å². The molecule has 0 aromatic rings. The van der Waals surface area contributed by atoms with E-state index in [-0.39, 0.29) is 17.1 Å². The molecule has 0 amide bonds. The summed E-state index contributed by atoms with van der Waals surface area (Å²) >= 11 is 0. The second kappa shape index (κ2) is 5.17. The maximum absolute atomic E-state index is 9.46. The van der Waals surface area contributed by atoms with Gasteiger partial charge in [0.05, 0.1) is 0 Å². The maximum atomic E-state index is 9.46. The van der Waals surface area contributed by atoms with Crippen LogP contribution in [0.4, 0.5) is 0 Å². The molecule has 0 rings (SSSR count). The molecule has 0 unspecified atom stereocenters. The summed E-state index contributed by atoms with van der Waals surface area (Å²) in [5, 5.41) is 15.0. The van der Waals surface area contributed by atoms with Crippen LogP contribution >= 0.6 is 0 Å². The smallest absolute Gasteiger partial charge is 0.265 e. The molecule has 0 spiro atoms. The number of ketones is 1. The summed E-state index contributed by atoms with van der Waals surface area (Å²) in [7, 11) is 0. The van der Waals surface area contributed by atoms with E-state index in [1.807, 2.05) is 0 Å². The third kappa shape index (κ3) is 5.17. The monoisotopic (exact) mass is 136 g/mol. The molecule has 0 aromatic carbocycles. The van der Waals surface area contributed by atoms with Crippen molar-refractivity contribution < 1.29 is 21.9 Å². The molecule has 0 heterocycles. The van der Waals surface area contributed by atoms with Crippen LogP contribution in [0.2, 0.25) is 0 Å². The Morgan fingerprint density at radius 2 is 1.57 bits per heavy atom. The zero-order chi connectivity index (χ0) is 4.99. The molecule has 36 valence electrons. The van der Waals surface area contributed by atoms with E-state index in [9.17, 15) is 4.79 Å². The second-order valence-electron chi connectivity index (χ2n) is 0.553. The van der Waals surface area contributed by atoms with Crippen molar-refractivity contribution in [2.75, 3.05) is 0 Å². The van der Waals surface area contributed by atoms with Crippen molar-refractivity contribution in [1.29, 1.82) is 10.5 Å². The van der Waals surface area contributed by atoms with Gasteiger partial charge in [0.2, 0.25) is 0 Å². The van der Waals surface area contributed by atoms with Crippen LogP contribution in [0.1, 0.15) is 0 Å². The van der Waals surface area contributed by atoms with Gasteiger partial charge in [-0.1, -0.05) is 0 Å². The number of Topliss-reactive ketones (excluding diaryl/α,β-unsaturated/α-hetero) is 1. The Labute approximate surface area is 51.0 Å². The fourth-order valence-corrected chi connectivity index (χ4v) is 0.0250. The molecule has 3 nitrogen and oxygen atoms in total. The standard InChI is InChI=1S/C3N2O.Fe/c4-1-3(6)2-5;. The van der Waals surface area contributed by atoms with Gasteiger partial charge in [-0.2, -0.15) is 10.5 Å². The van der Waals surface area contributed by atoms with E-state index >= 15 is 0 Å². The molecule has 0 radical (unpaired) electrons. The van der Waals surface area contributed by atoms with Gasteiger partial charge < -0.3 is 0 Å². The number of nitriles is 2. The van der Waals surface area contributed by atoms with Crippen molar-refractivity contribution in [2.24, 2.45) is 0 Å². The predicted octanol–water partition coefficient (Wildman–Crippen LogP) is -0.400. The Morgan fingerprint density at radius 1 is 1.29 bits per heavy atom. The molecule has 0 fully saturated rings. The van der Waals surface area contributed by atoms with Gasteiger partial charge in [0.25, 0.3) is 0 Å². The average Bonchev–Trinajstić information content (AvgIpc) is 1.65.